The number of ether oxygens (including phenoxy) is 1. The summed E-state index contributed by atoms with van der Waals surface area (Å²) < 4.78 is 43.6. The summed E-state index contributed by atoms with van der Waals surface area (Å²) >= 11 is 0. The van der Waals surface area contributed by atoms with Crippen LogP contribution in [-0.4, -0.2) is 32.5 Å². The molecule has 8 nitrogen and oxygen atoms in total. The van der Waals surface area contributed by atoms with E-state index in [1.807, 2.05) is 0 Å². The maximum absolute atomic E-state index is 13.7. The summed E-state index contributed by atoms with van der Waals surface area (Å²) in [7, 11) is -3.04. The molecule has 1 aromatic heterocycles. The topological polar surface area (TPSA) is 117 Å². The standard InChI is InChI=1S/C17H14FN3O5S/c1-26-17(23)21-27(24,25)11-7-5-10(6-8-11)19-16(22)15-9-12-13(18)3-2-4-14(12)20-15/h2-9,20H,1H3,(H,19,22)(H,21,23). The number of carbonyl (C=O) groups is 2. The first-order chi connectivity index (χ1) is 12.8. The van der Waals surface area contributed by atoms with Crippen LogP contribution in [0.2, 0.25) is 0 Å². The lowest BCUT2D eigenvalue weighted by Crippen LogP contribution is -2.30. The maximum atomic E-state index is 13.7. The van der Waals surface area contributed by atoms with Gasteiger partial charge in [-0.2, -0.15) is 0 Å². The Labute approximate surface area is 153 Å². The van der Waals surface area contributed by atoms with Gasteiger partial charge in [0.1, 0.15) is 11.5 Å². The number of nitrogens with one attached hydrogen (secondary N) is 3. The van der Waals surface area contributed by atoms with E-state index in [1.165, 1.54) is 42.5 Å². The number of hydrogen-bond acceptors (Lipinski definition) is 5. The van der Waals surface area contributed by atoms with Crippen molar-refractivity contribution in [3.63, 3.8) is 0 Å². The van der Waals surface area contributed by atoms with Crippen molar-refractivity contribution in [3.05, 3.63) is 60.0 Å². The number of anilines is 1. The lowest BCUT2D eigenvalue weighted by Gasteiger charge is -2.07. The van der Waals surface area contributed by atoms with Crippen LogP contribution in [0.5, 0.6) is 0 Å². The van der Waals surface area contributed by atoms with Crippen molar-refractivity contribution in [3.8, 4) is 0 Å². The maximum Gasteiger partial charge on any atom is 0.420 e. The molecule has 0 atom stereocenters. The number of methoxy groups -OCH3 is 1. The minimum Gasteiger partial charge on any atom is -0.452 e. The van der Waals surface area contributed by atoms with Gasteiger partial charge >= 0.3 is 6.09 Å². The lowest BCUT2D eigenvalue weighted by atomic mass is 10.2. The fourth-order valence-corrected chi connectivity index (χ4v) is 3.28. The Kier molecular flexibility index (Phi) is 4.82. The molecular weight excluding hydrogens is 377 g/mol. The fourth-order valence-electron chi connectivity index (χ4n) is 2.37. The van der Waals surface area contributed by atoms with Gasteiger partial charge in [0.2, 0.25) is 0 Å². The molecule has 0 aliphatic rings. The van der Waals surface area contributed by atoms with Crippen LogP contribution in [-0.2, 0) is 14.8 Å². The molecule has 2 aromatic carbocycles. The number of H-pyrrole nitrogens is 1. The summed E-state index contributed by atoms with van der Waals surface area (Å²) in [4.78, 5) is 26.0. The van der Waals surface area contributed by atoms with E-state index in [-0.39, 0.29) is 16.0 Å². The molecule has 3 rings (SSSR count). The van der Waals surface area contributed by atoms with Gasteiger partial charge in [-0.3, -0.25) is 4.79 Å². The molecular formula is C17H14FN3O5S. The van der Waals surface area contributed by atoms with Crippen molar-refractivity contribution >= 4 is 38.6 Å². The summed E-state index contributed by atoms with van der Waals surface area (Å²) in [6, 6.07) is 11.0. The molecule has 3 N–H and O–H groups in total. The summed E-state index contributed by atoms with van der Waals surface area (Å²) in [6.45, 7) is 0. The molecule has 0 fully saturated rings. The monoisotopic (exact) mass is 391 g/mol. The molecule has 3 aromatic rings. The Bertz CT molecular complexity index is 1120. The van der Waals surface area contributed by atoms with Crippen LogP contribution in [0.1, 0.15) is 10.5 Å². The molecule has 0 spiro atoms. The zero-order chi connectivity index (χ0) is 19.6. The zero-order valence-electron chi connectivity index (χ0n) is 13.9. The van der Waals surface area contributed by atoms with E-state index in [0.717, 1.165) is 7.11 Å². The molecule has 2 amide bonds. The number of amides is 2. The van der Waals surface area contributed by atoms with E-state index in [4.69, 9.17) is 0 Å². The first-order valence-electron chi connectivity index (χ1n) is 7.59. The minimum absolute atomic E-state index is 0.152. The summed E-state index contributed by atoms with van der Waals surface area (Å²) in [6.07, 6.45) is -1.11. The second-order valence-corrected chi connectivity index (χ2v) is 7.14. The number of carbonyl (C=O) groups excluding carboxylic acids is 2. The zero-order valence-corrected chi connectivity index (χ0v) is 14.8. The van der Waals surface area contributed by atoms with Crippen LogP contribution in [0.25, 0.3) is 10.9 Å². The van der Waals surface area contributed by atoms with Gasteiger partial charge in [0.25, 0.3) is 15.9 Å². The first kappa shape index (κ1) is 18.4. The Hall–Kier alpha value is -3.40. The second-order valence-electron chi connectivity index (χ2n) is 5.46. The van der Waals surface area contributed by atoms with Crippen molar-refractivity contribution in [1.29, 1.82) is 0 Å². The molecule has 0 aliphatic heterocycles. The van der Waals surface area contributed by atoms with Gasteiger partial charge in [0.15, 0.2) is 0 Å². The Morgan fingerprint density at radius 2 is 1.81 bits per heavy atom. The number of halogens is 1. The Morgan fingerprint density at radius 3 is 2.44 bits per heavy atom. The highest BCUT2D eigenvalue weighted by Crippen LogP contribution is 2.20. The van der Waals surface area contributed by atoms with Crippen molar-refractivity contribution in [1.82, 2.24) is 9.71 Å². The molecule has 0 unspecified atom stereocenters. The third-order valence-corrected chi connectivity index (χ3v) is 5.01. The SMILES string of the molecule is COC(=O)NS(=O)(=O)c1ccc(NC(=O)c2cc3c(F)cccc3[nH]2)cc1. The highest BCUT2D eigenvalue weighted by Gasteiger charge is 2.18. The predicted molar refractivity (Wildman–Crippen MR) is 95.4 cm³/mol. The summed E-state index contributed by atoms with van der Waals surface area (Å²) in [5.74, 6) is -0.968. The molecule has 0 aliphatic carbocycles. The molecule has 27 heavy (non-hydrogen) atoms. The number of fused-ring (bicyclic) bond motifs is 1. The Balaban J connectivity index is 1.76. The van der Waals surface area contributed by atoms with Gasteiger partial charge in [-0.15, -0.1) is 0 Å². The van der Waals surface area contributed by atoms with Crippen LogP contribution in [0.3, 0.4) is 0 Å². The van der Waals surface area contributed by atoms with E-state index in [2.05, 4.69) is 15.0 Å². The molecule has 10 heteroatoms. The number of hydrogen-bond donors (Lipinski definition) is 3. The van der Waals surface area contributed by atoms with Gasteiger partial charge in [-0.1, -0.05) is 6.07 Å². The summed E-state index contributed by atoms with van der Waals surface area (Å²) in [5, 5.41) is 2.86. The van der Waals surface area contributed by atoms with Gasteiger partial charge in [-0.25, -0.2) is 22.3 Å². The molecule has 0 radical (unpaired) electrons. The first-order valence-corrected chi connectivity index (χ1v) is 9.08. The summed E-state index contributed by atoms with van der Waals surface area (Å²) in [5.41, 5.74) is 0.950. The average molecular weight is 391 g/mol. The normalized spacial score (nSPS) is 11.2. The highest BCUT2D eigenvalue weighted by atomic mass is 32.2. The van der Waals surface area contributed by atoms with E-state index in [9.17, 15) is 22.4 Å². The number of benzene rings is 2. The van der Waals surface area contributed by atoms with Crippen molar-refractivity contribution in [2.24, 2.45) is 0 Å². The van der Waals surface area contributed by atoms with Gasteiger partial charge in [0, 0.05) is 16.6 Å². The molecule has 140 valence electrons. The number of sulfonamides is 1. The van der Waals surface area contributed by atoms with E-state index < -0.39 is 27.8 Å². The molecule has 1 heterocycles. The van der Waals surface area contributed by atoms with Crippen molar-refractivity contribution < 1.29 is 27.1 Å². The second kappa shape index (κ2) is 7.08. The predicted octanol–water partition coefficient (Wildman–Crippen LogP) is 2.60. The smallest absolute Gasteiger partial charge is 0.420 e. The van der Waals surface area contributed by atoms with Gasteiger partial charge < -0.3 is 15.0 Å². The van der Waals surface area contributed by atoms with Gasteiger partial charge in [0.05, 0.1) is 12.0 Å². The fraction of sp³-hybridized carbons (Fsp3) is 0.0588. The number of aromatic nitrogens is 1. The van der Waals surface area contributed by atoms with E-state index in [0.29, 0.717) is 11.2 Å². The number of aromatic amines is 1. The Morgan fingerprint density at radius 1 is 1.11 bits per heavy atom. The minimum atomic E-state index is -4.08. The average Bonchev–Trinajstić information content (AvgIpc) is 3.07. The van der Waals surface area contributed by atoms with E-state index >= 15 is 0 Å². The van der Waals surface area contributed by atoms with Crippen molar-refractivity contribution in [2.75, 3.05) is 12.4 Å². The largest absolute Gasteiger partial charge is 0.452 e. The van der Waals surface area contributed by atoms with Crippen LogP contribution in [0.4, 0.5) is 14.9 Å². The van der Waals surface area contributed by atoms with Crippen LogP contribution in [0.15, 0.2) is 53.4 Å². The van der Waals surface area contributed by atoms with E-state index in [1.54, 1.807) is 10.8 Å². The highest BCUT2D eigenvalue weighted by molar-refractivity contribution is 7.90. The van der Waals surface area contributed by atoms with Crippen LogP contribution < -0.4 is 10.0 Å². The quantitative estimate of drug-likeness (QED) is 0.632. The molecule has 0 saturated heterocycles. The van der Waals surface area contributed by atoms with Crippen LogP contribution >= 0.6 is 0 Å². The third-order valence-electron chi connectivity index (χ3n) is 3.68. The molecule has 0 bridgehead atoms. The van der Waals surface area contributed by atoms with Crippen molar-refractivity contribution in [2.45, 2.75) is 4.90 Å². The lowest BCUT2D eigenvalue weighted by molar-refractivity contribution is 0.102. The number of rotatable bonds is 4. The van der Waals surface area contributed by atoms with Crippen LogP contribution in [0, 0.1) is 5.82 Å². The third kappa shape index (κ3) is 3.90. The van der Waals surface area contributed by atoms with Gasteiger partial charge in [-0.05, 0) is 42.5 Å². The molecule has 0 saturated carbocycles.